The average Bonchev–Trinajstić information content (AvgIpc) is 3.22. The van der Waals surface area contributed by atoms with Crippen LogP contribution in [0.1, 0.15) is 5.76 Å². The number of hydrogen-bond donors (Lipinski definition) is 1. The SMILES string of the molecule is COc1cc(-c2cncc3cc(/C=C4\SC(=O)NC4=O)oc23)cnc1OC. The van der Waals surface area contributed by atoms with Crippen molar-refractivity contribution in [2.45, 2.75) is 0 Å². The molecule has 1 fully saturated rings. The molecule has 3 aromatic heterocycles. The largest absolute Gasteiger partial charge is 0.491 e. The molecule has 4 rings (SSSR count). The van der Waals surface area contributed by atoms with Gasteiger partial charge in [-0.15, -0.1) is 0 Å². The van der Waals surface area contributed by atoms with Crippen molar-refractivity contribution in [2.75, 3.05) is 14.2 Å². The van der Waals surface area contributed by atoms with Crippen LogP contribution in [0.2, 0.25) is 0 Å². The van der Waals surface area contributed by atoms with E-state index in [0.717, 1.165) is 22.7 Å². The maximum atomic E-state index is 11.7. The summed E-state index contributed by atoms with van der Waals surface area (Å²) < 4.78 is 16.4. The van der Waals surface area contributed by atoms with E-state index in [1.165, 1.54) is 20.3 Å². The molecule has 1 aliphatic heterocycles. The summed E-state index contributed by atoms with van der Waals surface area (Å²) in [7, 11) is 3.05. The molecule has 1 aliphatic rings. The molecular formula is C18H13N3O5S. The first-order valence-electron chi connectivity index (χ1n) is 7.80. The molecule has 0 aromatic carbocycles. The molecule has 136 valence electrons. The molecule has 1 saturated heterocycles. The Kier molecular flexibility index (Phi) is 4.28. The Bertz CT molecular complexity index is 1110. The number of furan rings is 1. The van der Waals surface area contributed by atoms with Crippen molar-refractivity contribution in [3.05, 3.63) is 41.4 Å². The number of aromatic nitrogens is 2. The summed E-state index contributed by atoms with van der Waals surface area (Å²) in [6.07, 6.45) is 6.48. The van der Waals surface area contributed by atoms with Crippen LogP contribution in [0.3, 0.4) is 0 Å². The van der Waals surface area contributed by atoms with Gasteiger partial charge in [-0.25, -0.2) is 4.98 Å². The van der Waals surface area contributed by atoms with Crippen LogP contribution in [0.15, 0.2) is 40.0 Å². The van der Waals surface area contributed by atoms with E-state index >= 15 is 0 Å². The van der Waals surface area contributed by atoms with E-state index < -0.39 is 11.1 Å². The third-order valence-electron chi connectivity index (χ3n) is 3.90. The lowest BCUT2D eigenvalue weighted by molar-refractivity contribution is -0.115. The molecule has 27 heavy (non-hydrogen) atoms. The number of rotatable bonds is 4. The predicted octanol–water partition coefficient (Wildman–Crippen LogP) is 3.23. The number of hydrogen-bond acceptors (Lipinski definition) is 8. The van der Waals surface area contributed by atoms with Gasteiger partial charge in [-0.05, 0) is 23.9 Å². The molecule has 8 nitrogen and oxygen atoms in total. The molecule has 0 spiro atoms. The number of nitrogens with one attached hydrogen (secondary N) is 1. The zero-order valence-corrected chi connectivity index (χ0v) is 15.1. The highest BCUT2D eigenvalue weighted by Gasteiger charge is 2.25. The number of imide groups is 1. The van der Waals surface area contributed by atoms with Gasteiger partial charge < -0.3 is 13.9 Å². The fourth-order valence-electron chi connectivity index (χ4n) is 2.69. The van der Waals surface area contributed by atoms with Crippen molar-refractivity contribution in [3.63, 3.8) is 0 Å². The Morgan fingerprint density at radius 1 is 1.15 bits per heavy atom. The van der Waals surface area contributed by atoms with Crippen molar-refractivity contribution in [2.24, 2.45) is 0 Å². The van der Waals surface area contributed by atoms with Gasteiger partial charge in [-0.2, -0.15) is 0 Å². The normalized spacial score (nSPS) is 15.4. The fourth-order valence-corrected chi connectivity index (χ4v) is 3.35. The molecule has 0 unspecified atom stereocenters. The first kappa shape index (κ1) is 17.1. The summed E-state index contributed by atoms with van der Waals surface area (Å²) >= 11 is 0.833. The summed E-state index contributed by atoms with van der Waals surface area (Å²) in [6.45, 7) is 0. The van der Waals surface area contributed by atoms with Gasteiger partial charge in [0, 0.05) is 41.2 Å². The minimum absolute atomic E-state index is 0.279. The van der Waals surface area contributed by atoms with E-state index in [1.807, 2.05) is 0 Å². The summed E-state index contributed by atoms with van der Waals surface area (Å²) in [5, 5.41) is 2.56. The van der Waals surface area contributed by atoms with Gasteiger partial charge in [-0.1, -0.05) is 0 Å². The van der Waals surface area contributed by atoms with Gasteiger partial charge in [0.1, 0.15) is 11.3 Å². The molecule has 0 bridgehead atoms. The molecule has 9 heteroatoms. The highest BCUT2D eigenvalue weighted by atomic mass is 32.2. The van der Waals surface area contributed by atoms with Crippen LogP contribution in [0.5, 0.6) is 11.6 Å². The van der Waals surface area contributed by atoms with Crippen molar-refractivity contribution in [1.82, 2.24) is 15.3 Å². The smallest absolute Gasteiger partial charge is 0.290 e. The fraction of sp³-hybridized carbons (Fsp3) is 0.111. The van der Waals surface area contributed by atoms with Crippen molar-refractivity contribution < 1.29 is 23.5 Å². The quantitative estimate of drug-likeness (QED) is 0.685. The summed E-state index contributed by atoms with van der Waals surface area (Å²) in [6, 6.07) is 3.53. The molecule has 4 heterocycles. The predicted molar refractivity (Wildman–Crippen MR) is 99.5 cm³/mol. The highest BCUT2D eigenvalue weighted by Crippen LogP contribution is 2.35. The molecular weight excluding hydrogens is 370 g/mol. The van der Waals surface area contributed by atoms with Gasteiger partial charge >= 0.3 is 0 Å². The number of pyridine rings is 2. The van der Waals surface area contributed by atoms with E-state index in [2.05, 4.69) is 15.3 Å². The van der Waals surface area contributed by atoms with Crippen LogP contribution >= 0.6 is 11.8 Å². The monoisotopic (exact) mass is 383 g/mol. The third kappa shape index (κ3) is 3.13. The Morgan fingerprint density at radius 3 is 2.70 bits per heavy atom. The number of thioether (sulfide) groups is 1. The molecule has 0 aliphatic carbocycles. The number of amides is 2. The van der Waals surface area contributed by atoms with E-state index in [4.69, 9.17) is 13.9 Å². The number of methoxy groups -OCH3 is 2. The lowest BCUT2D eigenvalue weighted by Crippen LogP contribution is -2.17. The lowest BCUT2D eigenvalue weighted by atomic mass is 10.1. The number of nitrogens with zero attached hydrogens (tertiary/aromatic N) is 2. The van der Waals surface area contributed by atoms with Crippen molar-refractivity contribution >= 4 is 40.0 Å². The minimum atomic E-state index is -0.437. The van der Waals surface area contributed by atoms with Crippen LogP contribution in [0.4, 0.5) is 4.79 Å². The van der Waals surface area contributed by atoms with Crippen LogP contribution in [0, 0.1) is 0 Å². The van der Waals surface area contributed by atoms with E-state index in [9.17, 15) is 9.59 Å². The van der Waals surface area contributed by atoms with Gasteiger partial charge in [0.25, 0.3) is 17.0 Å². The molecule has 2 amide bonds. The second kappa shape index (κ2) is 6.76. The Hall–Kier alpha value is -3.33. The zero-order chi connectivity index (χ0) is 19.0. The topological polar surface area (TPSA) is 104 Å². The van der Waals surface area contributed by atoms with Gasteiger partial charge in [0.15, 0.2) is 5.75 Å². The molecule has 1 N–H and O–H groups in total. The van der Waals surface area contributed by atoms with E-state index in [1.54, 1.807) is 30.7 Å². The number of carbonyl (C=O) groups excluding carboxylic acids is 2. The summed E-state index contributed by atoms with van der Waals surface area (Å²) in [5.74, 6) is 0.867. The van der Waals surface area contributed by atoms with Crippen LogP contribution in [-0.2, 0) is 4.79 Å². The molecule has 0 radical (unpaired) electrons. The standard InChI is InChI=1S/C18H13N3O5S/c1-24-13-4-9(7-20-17(13)25-2)12-8-19-6-10-3-11(26-15(10)12)5-14-16(22)21-18(23)27-14/h3-8H,1-2H3,(H,21,22,23)/b14-5-. The van der Waals surface area contributed by atoms with Gasteiger partial charge in [-0.3, -0.25) is 19.9 Å². The second-order valence-corrected chi connectivity index (χ2v) is 6.56. The van der Waals surface area contributed by atoms with Crippen molar-refractivity contribution in [3.8, 4) is 22.8 Å². The Balaban J connectivity index is 1.79. The number of carbonyl (C=O) groups is 2. The Morgan fingerprint density at radius 2 is 2.00 bits per heavy atom. The number of fused-ring (bicyclic) bond motifs is 1. The van der Waals surface area contributed by atoms with Crippen LogP contribution in [0.25, 0.3) is 28.2 Å². The lowest BCUT2D eigenvalue weighted by Gasteiger charge is -2.08. The Labute approximate surface area is 157 Å². The third-order valence-corrected chi connectivity index (χ3v) is 4.71. The maximum absolute atomic E-state index is 11.7. The van der Waals surface area contributed by atoms with E-state index in [0.29, 0.717) is 28.5 Å². The van der Waals surface area contributed by atoms with Crippen molar-refractivity contribution in [1.29, 1.82) is 0 Å². The second-order valence-electron chi connectivity index (χ2n) is 5.54. The molecule has 0 atom stereocenters. The minimum Gasteiger partial charge on any atom is -0.491 e. The van der Waals surface area contributed by atoms with Gasteiger partial charge in [0.05, 0.1) is 19.1 Å². The van der Waals surface area contributed by atoms with Crippen LogP contribution < -0.4 is 14.8 Å². The first-order chi connectivity index (χ1) is 13.1. The summed E-state index contributed by atoms with van der Waals surface area (Å²) in [4.78, 5) is 31.8. The average molecular weight is 383 g/mol. The number of ether oxygens (including phenoxy) is 2. The van der Waals surface area contributed by atoms with Gasteiger partial charge in [0.2, 0.25) is 0 Å². The maximum Gasteiger partial charge on any atom is 0.290 e. The molecule has 3 aromatic rings. The zero-order valence-electron chi connectivity index (χ0n) is 14.3. The van der Waals surface area contributed by atoms with Crippen LogP contribution in [-0.4, -0.2) is 35.3 Å². The first-order valence-corrected chi connectivity index (χ1v) is 8.61. The highest BCUT2D eigenvalue weighted by molar-refractivity contribution is 8.18. The summed E-state index contributed by atoms with van der Waals surface area (Å²) in [5.41, 5.74) is 2.04. The molecule has 0 saturated carbocycles. The van der Waals surface area contributed by atoms with E-state index in [-0.39, 0.29) is 4.91 Å².